The number of fused-ring (bicyclic) bond motifs is 1. The van der Waals surface area contributed by atoms with Crippen LogP contribution in [0.2, 0.25) is 0 Å². The molecule has 1 atom stereocenters. The highest BCUT2D eigenvalue weighted by Crippen LogP contribution is 2.33. The number of carbonyl (C=O) groups is 1. The number of carboxylic acid groups (broad SMARTS) is 1. The quantitative estimate of drug-likeness (QED) is 0.763. The Kier molecular flexibility index (Phi) is 2.23. The van der Waals surface area contributed by atoms with Gasteiger partial charge in [-0.1, -0.05) is 24.3 Å². The van der Waals surface area contributed by atoms with E-state index in [1.807, 2.05) is 0 Å². The molecular weight excluding hydrogens is 199 g/mol. The Morgan fingerprint density at radius 2 is 1.80 bits per heavy atom. The maximum Gasteiger partial charge on any atom is 0.341 e. The predicted octanol–water partition coefficient (Wildman–Crippen LogP) is 0.939. The van der Waals surface area contributed by atoms with Crippen LogP contribution in [0.25, 0.3) is 0 Å². The lowest BCUT2D eigenvalue weighted by atomic mass is 9.94. The molecule has 0 heterocycles. The first-order valence-corrected chi connectivity index (χ1v) is 4.69. The number of alkyl halides is 1. The van der Waals surface area contributed by atoms with Gasteiger partial charge in [0.05, 0.1) is 0 Å². The number of aliphatic carboxylic acids is 1. The smallest absolute Gasteiger partial charge is 0.341 e. The monoisotopic (exact) mass is 210 g/mol. The molecule has 3 nitrogen and oxygen atoms in total. The molecule has 1 aromatic rings. The van der Waals surface area contributed by atoms with Crippen molar-refractivity contribution in [3.05, 3.63) is 35.4 Å². The van der Waals surface area contributed by atoms with E-state index in [1.165, 1.54) is 0 Å². The molecule has 0 amide bonds. The van der Waals surface area contributed by atoms with Crippen LogP contribution in [-0.2, 0) is 17.6 Å². The van der Waals surface area contributed by atoms with Gasteiger partial charge in [0.15, 0.2) is 0 Å². The Labute approximate surface area is 86.2 Å². The third-order valence-corrected chi connectivity index (χ3v) is 2.80. The number of benzene rings is 1. The molecular formula is C11H11FO3. The Hall–Kier alpha value is -1.42. The van der Waals surface area contributed by atoms with Gasteiger partial charge in [-0.2, -0.15) is 0 Å². The van der Waals surface area contributed by atoms with E-state index < -0.39 is 17.7 Å². The van der Waals surface area contributed by atoms with Crippen molar-refractivity contribution in [1.82, 2.24) is 0 Å². The number of rotatable bonds is 2. The van der Waals surface area contributed by atoms with Gasteiger partial charge >= 0.3 is 5.97 Å². The molecule has 0 bridgehead atoms. The summed E-state index contributed by atoms with van der Waals surface area (Å²) in [4.78, 5) is 10.5. The van der Waals surface area contributed by atoms with Crippen molar-refractivity contribution in [2.24, 2.45) is 0 Å². The van der Waals surface area contributed by atoms with E-state index in [0.717, 1.165) is 11.1 Å². The molecule has 15 heavy (non-hydrogen) atoms. The summed E-state index contributed by atoms with van der Waals surface area (Å²) in [7, 11) is 0. The molecule has 0 saturated carbocycles. The van der Waals surface area contributed by atoms with Gasteiger partial charge in [-0.25, -0.2) is 9.18 Å². The van der Waals surface area contributed by atoms with Crippen LogP contribution in [0.1, 0.15) is 11.1 Å². The van der Waals surface area contributed by atoms with Crippen molar-refractivity contribution >= 4 is 5.97 Å². The van der Waals surface area contributed by atoms with E-state index >= 15 is 0 Å². The van der Waals surface area contributed by atoms with Gasteiger partial charge in [0.25, 0.3) is 0 Å². The summed E-state index contributed by atoms with van der Waals surface area (Å²) in [5, 5.41) is 18.4. The van der Waals surface area contributed by atoms with Gasteiger partial charge in [0, 0.05) is 12.8 Å². The van der Waals surface area contributed by atoms with E-state index in [4.69, 9.17) is 5.11 Å². The van der Waals surface area contributed by atoms with Gasteiger partial charge in [-0.15, -0.1) is 0 Å². The van der Waals surface area contributed by atoms with Crippen molar-refractivity contribution in [3.63, 3.8) is 0 Å². The van der Waals surface area contributed by atoms with Crippen molar-refractivity contribution in [3.8, 4) is 0 Å². The second-order valence-electron chi connectivity index (χ2n) is 3.93. The maximum atomic E-state index is 13.3. The first-order valence-electron chi connectivity index (χ1n) is 4.69. The average Bonchev–Trinajstić information content (AvgIpc) is 2.54. The summed E-state index contributed by atoms with van der Waals surface area (Å²) >= 11 is 0. The van der Waals surface area contributed by atoms with Crippen LogP contribution in [0.15, 0.2) is 24.3 Å². The van der Waals surface area contributed by atoms with E-state index in [1.54, 1.807) is 24.3 Å². The Morgan fingerprint density at radius 3 is 2.20 bits per heavy atom. The summed E-state index contributed by atoms with van der Waals surface area (Å²) in [6.45, 7) is 0. The highest BCUT2D eigenvalue weighted by molar-refractivity contribution is 5.74. The highest BCUT2D eigenvalue weighted by atomic mass is 19.1. The van der Waals surface area contributed by atoms with E-state index in [9.17, 15) is 14.3 Å². The highest BCUT2D eigenvalue weighted by Gasteiger charge is 2.46. The largest absolute Gasteiger partial charge is 0.479 e. The van der Waals surface area contributed by atoms with Crippen molar-refractivity contribution in [1.29, 1.82) is 0 Å². The standard InChI is InChI=1S/C11H11FO3/c12-9(10(13)14)11(15)5-7-3-1-2-4-8(7)6-11/h1-4,9,15H,5-6H2,(H,13,14). The summed E-state index contributed by atoms with van der Waals surface area (Å²) in [5.74, 6) is -1.61. The summed E-state index contributed by atoms with van der Waals surface area (Å²) in [6.07, 6.45) is -2.10. The van der Waals surface area contributed by atoms with Crippen LogP contribution in [0.3, 0.4) is 0 Å². The molecule has 1 aliphatic carbocycles. The van der Waals surface area contributed by atoms with Crippen LogP contribution in [0.4, 0.5) is 4.39 Å². The van der Waals surface area contributed by atoms with Gasteiger partial charge in [0.2, 0.25) is 6.17 Å². The molecule has 4 heteroatoms. The lowest BCUT2D eigenvalue weighted by Gasteiger charge is -2.23. The van der Waals surface area contributed by atoms with Crippen molar-refractivity contribution in [2.45, 2.75) is 24.6 Å². The number of hydrogen-bond donors (Lipinski definition) is 2. The molecule has 0 saturated heterocycles. The van der Waals surface area contributed by atoms with Gasteiger partial charge in [-0.05, 0) is 11.1 Å². The Balaban J connectivity index is 2.28. The second-order valence-corrected chi connectivity index (χ2v) is 3.93. The molecule has 0 fully saturated rings. The number of aliphatic hydroxyl groups is 1. The molecule has 2 N–H and O–H groups in total. The fourth-order valence-corrected chi connectivity index (χ4v) is 2.03. The van der Waals surface area contributed by atoms with Gasteiger partial charge in [0.1, 0.15) is 5.60 Å². The maximum absolute atomic E-state index is 13.3. The minimum atomic E-state index is -2.23. The van der Waals surface area contributed by atoms with Gasteiger partial charge in [-0.3, -0.25) is 0 Å². The normalized spacial score (nSPS) is 19.6. The van der Waals surface area contributed by atoms with E-state index in [0.29, 0.717) is 0 Å². The lowest BCUT2D eigenvalue weighted by molar-refractivity contribution is -0.153. The third kappa shape index (κ3) is 1.61. The molecule has 0 radical (unpaired) electrons. The number of carboxylic acids is 1. The van der Waals surface area contributed by atoms with E-state index in [2.05, 4.69) is 0 Å². The minimum absolute atomic E-state index is 0.0661. The summed E-state index contributed by atoms with van der Waals surface area (Å²) in [5.41, 5.74) is -0.136. The molecule has 2 rings (SSSR count). The summed E-state index contributed by atoms with van der Waals surface area (Å²) < 4.78 is 13.3. The predicted molar refractivity (Wildman–Crippen MR) is 51.3 cm³/mol. The molecule has 0 spiro atoms. The first kappa shape index (κ1) is 10.1. The van der Waals surface area contributed by atoms with Crippen LogP contribution in [-0.4, -0.2) is 28.0 Å². The zero-order valence-electron chi connectivity index (χ0n) is 7.98. The van der Waals surface area contributed by atoms with Gasteiger partial charge < -0.3 is 10.2 Å². The van der Waals surface area contributed by atoms with Crippen LogP contribution in [0.5, 0.6) is 0 Å². The van der Waals surface area contributed by atoms with Crippen LogP contribution < -0.4 is 0 Å². The van der Waals surface area contributed by atoms with Crippen molar-refractivity contribution in [2.75, 3.05) is 0 Å². The molecule has 0 aromatic heterocycles. The fraction of sp³-hybridized carbons (Fsp3) is 0.364. The minimum Gasteiger partial charge on any atom is -0.479 e. The topological polar surface area (TPSA) is 57.5 Å². The molecule has 80 valence electrons. The fourth-order valence-electron chi connectivity index (χ4n) is 2.03. The molecule has 1 unspecified atom stereocenters. The molecule has 1 aromatic carbocycles. The Morgan fingerprint density at radius 1 is 1.33 bits per heavy atom. The second kappa shape index (κ2) is 3.31. The lowest BCUT2D eigenvalue weighted by Crippen LogP contribution is -2.45. The average molecular weight is 210 g/mol. The first-order chi connectivity index (χ1) is 7.03. The number of hydrogen-bond acceptors (Lipinski definition) is 2. The van der Waals surface area contributed by atoms with Crippen molar-refractivity contribution < 1.29 is 19.4 Å². The van der Waals surface area contributed by atoms with Crippen LogP contribution in [0, 0.1) is 0 Å². The molecule has 1 aliphatic rings. The Bertz CT molecular complexity index is 378. The SMILES string of the molecule is O=C(O)C(F)C1(O)Cc2ccccc2C1. The van der Waals surface area contributed by atoms with E-state index in [-0.39, 0.29) is 12.8 Å². The zero-order chi connectivity index (χ0) is 11.1. The number of halogens is 1. The summed E-state index contributed by atoms with van der Waals surface area (Å²) in [6, 6.07) is 7.14. The third-order valence-electron chi connectivity index (χ3n) is 2.80. The van der Waals surface area contributed by atoms with Crippen LogP contribution >= 0.6 is 0 Å². The molecule has 0 aliphatic heterocycles. The zero-order valence-corrected chi connectivity index (χ0v) is 7.98.